The first-order chi connectivity index (χ1) is 12.0. The summed E-state index contributed by atoms with van der Waals surface area (Å²) >= 11 is 1.76. The third-order valence-electron chi connectivity index (χ3n) is 3.65. The highest BCUT2D eigenvalue weighted by Gasteiger charge is 2.05. The molecule has 0 radical (unpaired) electrons. The summed E-state index contributed by atoms with van der Waals surface area (Å²) in [7, 11) is 5.15. The Morgan fingerprint density at radius 3 is 2.64 bits per heavy atom. The number of aliphatic imine (C=N–C) groups is 1. The van der Waals surface area contributed by atoms with Crippen LogP contribution in [0.15, 0.2) is 23.2 Å². The number of carbonyl (C=O) groups is 1. The fourth-order valence-electron chi connectivity index (χ4n) is 2.08. The molecule has 0 aliphatic rings. The number of rotatable bonds is 9. The van der Waals surface area contributed by atoms with Crippen molar-refractivity contribution < 1.29 is 9.53 Å². The number of methoxy groups -OCH3 is 1. The quantitative estimate of drug-likeness (QED) is 0.394. The van der Waals surface area contributed by atoms with Gasteiger partial charge in [-0.15, -0.1) is 0 Å². The normalized spacial score (nSPS) is 11.2. The Balaban J connectivity index is 2.58. The highest BCUT2D eigenvalue weighted by atomic mass is 32.2. The molecule has 0 saturated heterocycles. The summed E-state index contributed by atoms with van der Waals surface area (Å²) in [6.07, 6.45) is 2.91. The molecule has 0 atom stereocenters. The molecular weight excluding hydrogens is 336 g/mol. The number of hydrogen-bond acceptors (Lipinski definition) is 4. The molecule has 1 aromatic carbocycles. The van der Waals surface area contributed by atoms with Crippen LogP contribution in [0.5, 0.6) is 5.75 Å². The fraction of sp³-hybridized carbons (Fsp3) is 0.556. The zero-order chi connectivity index (χ0) is 18.7. The molecule has 0 unspecified atom stereocenters. The van der Waals surface area contributed by atoms with Crippen LogP contribution in [0, 0.1) is 6.92 Å². The summed E-state index contributed by atoms with van der Waals surface area (Å²) in [5.74, 6) is 2.54. The van der Waals surface area contributed by atoms with Gasteiger partial charge < -0.3 is 20.3 Å². The molecule has 25 heavy (non-hydrogen) atoms. The first-order valence-electron chi connectivity index (χ1n) is 8.32. The molecule has 1 aromatic rings. The van der Waals surface area contributed by atoms with Crippen LogP contribution in [0.2, 0.25) is 0 Å². The van der Waals surface area contributed by atoms with E-state index in [4.69, 9.17) is 4.74 Å². The molecule has 6 nitrogen and oxygen atoms in total. The van der Waals surface area contributed by atoms with Crippen molar-refractivity contribution in [1.82, 2.24) is 15.5 Å². The average molecular weight is 367 g/mol. The van der Waals surface area contributed by atoms with E-state index in [2.05, 4.69) is 40.1 Å². The van der Waals surface area contributed by atoms with Crippen LogP contribution in [-0.4, -0.2) is 69.6 Å². The van der Waals surface area contributed by atoms with E-state index >= 15 is 0 Å². The van der Waals surface area contributed by atoms with Crippen molar-refractivity contribution in [2.45, 2.75) is 13.3 Å². The van der Waals surface area contributed by atoms with Gasteiger partial charge in [-0.25, -0.2) is 4.99 Å². The van der Waals surface area contributed by atoms with Gasteiger partial charge in [0.15, 0.2) is 5.96 Å². The first-order valence-corrected chi connectivity index (χ1v) is 9.72. The van der Waals surface area contributed by atoms with Crippen LogP contribution in [0.25, 0.3) is 0 Å². The molecular formula is C18H30N4O2S. The van der Waals surface area contributed by atoms with E-state index in [-0.39, 0.29) is 12.5 Å². The molecule has 140 valence electrons. The number of aryl methyl sites for hydroxylation is 1. The van der Waals surface area contributed by atoms with Gasteiger partial charge in [0, 0.05) is 32.9 Å². The summed E-state index contributed by atoms with van der Waals surface area (Å²) in [5, 5.41) is 6.55. The van der Waals surface area contributed by atoms with Gasteiger partial charge in [0.1, 0.15) is 12.3 Å². The highest BCUT2D eigenvalue weighted by molar-refractivity contribution is 7.98. The monoisotopic (exact) mass is 366 g/mol. The zero-order valence-electron chi connectivity index (χ0n) is 15.9. The number of ether oxygens (including phenoxy) is 1. The summed E-state index contributed by atoms with van der Waals surface area (Å²) in [6.45, 7) is 3.71. The Bertz CT molecular complexity index is 576. The number of carbonyl (C=O) groups excluding carboxylic acids is 1. The van der Waals surface area contributed by atoms with Crippen molar-refractivity contribution in [1.29, 1.82) is 0 Å². The number of nitrogens with one attached hydrogen (secondary N) is 2. The SMILES string of the molecule is COc1cc(CCNC(=NCC(=O)N(C)C)NCCSC)ccc1C. The van der Waals surface area contributed by atoms with Gasteiger partial charge in [0.05, 0.1) is 7.11 Å². The van der Waals surface area contributed by atoms with Crippen molar-refractivity contribution in [3.05, 3.63) is 29.3 Å². The third kappa shape index (κ3) is 8.16. The van der Waals surface area contributed by atoms with Gasteiger partial charge in [-0.2, -0.15) is 11.8 Å². The molecule has 0 aliphatic carbocycles. The summed E-state index contributed by atoms with van der Waals surface area (Å²) in [5.41, 5.74) is 2.32. The Hall–Kier alpha value is -1.89. The summed E-state index contributed by atoms with van der Waals surface area (Å²) < 4.78 is 5.36. The van der Waals surface area contributed by atoms with Crippen LogP contribution < -0.4 is 15.4 Å². The minimum atomic E-state index is -0.0192. The number of amides is 1. The number of thioether (sulfide) groups is 1. The van der Waals surface area contributed by atoms with E-state index in [1.807, 2.05) is 6.92 Å². The number of nitrogens with zero attached hydrogens (tertiary/aromatic N) is 2. The Kier molecular flexibility index (Phi) is 9.84. The smallest absolute Gasteiger partial charge is 0.243 e. The molecule has 0 heterocycles. The highest BCUT2D eigenvalue weighted by Crippen LogP contribution is 2.18. The molecule has 0 saturated carbocycles. The van der Waals surface area contributed by atoms with Gasteiger partial charge in [-0.3, -0.25) is 4.79 Å². The lowest BCUT2D eigenvalue weighted by Crippen LogP contribution is -2.40. The van der Waals surface area contributed by atoms with Crippen molar-refractivity contribution in [3.8, 4) is 5.75 Å². The van der Waals surface area contributed by atoms with Crippen molar-refractivity contribution >= 4 is 23.6 Å². The van der Waals surface area contributed by atoms with Gasteiger partial charge in [0.2, 0.25) is 5.91 Å². The number of guanidine groups is 1. The molecule has 0 fully saturated rings. The van der Waals surface area contributed by atoms with Crippen LogP contribution in [0.1, 0.15) is 11.1 Å². The van der Waals surface area contributed by atoms with E-state index in [0.29, 0.717) is 5.96 Å². The summed E-state index contributed by atoms with van der Waals surface area (Å²) in [4.78, 5) is 17.6. The van der Waals surface area contributed by atoms with Crippen LogP contribution >= 0.6 is 11.8 Å². The van der Waals surface area contributed by atoms with Gasteiger partial charge >= 0.3 is 0 Å². The van der Waals surface area contributed by atoms with E-state index in [9.17, 15) is 4.79 Å². The molecule has 2 N–H and O–H groups in total. The van der Waals surface area contributed by atoms with Crippen molar-refractivity contribution in [2.75, 3.05) is 52.8 Å². The van der Waals surface area contributed by atoms with Crippen LogP contribution in [0.4, 0.5) is 0 Å². The second-order valence-electron chi connectivity index (χ2n) is 5.85. The molecule has 1 rings (SSSR count). The van der Waals surface area contributed by atoms with E-state index in [0.717, 1.165) is 36.6 Å². The molecule has 0 bridgehead atoms. The van der Waals surface area contributed by atoms with Gasteiger partial charge in [-0.05, 0) is 36.8 Å². The lowest BCUT2D eigenvalue weighted by atomic mass is 10.1. The predicted molar refractivity (Wildman–Crippen MR) is 107 cm³/mol. The maximum Gasteiger partial charge on any atom is 0.243 e. The second-order valence-corrected chi connectivity index (χ2v) is 6.84. The third-order valence-corrected chi connectivity index (χ3v) is 4.26. The molecule has 7 heteroatoms. The lowest BCUT2D eigenvalue weighted by molar-refractivity contribution is -0.127. The molecule has 1 amide bonds. The molecule has 0 spiro atoms. The lowest BCUT2D eigenvalue weighted by Gasteiger charge is -2.14. The average Bonchev–Trinajstić information content (AvgIpc) is 2.60. The second kappa shape index (κ2) is 11.6. The largest absolute Gasteiger partial charge is 0.496 e. The maximum absolute atomic E-state index is 11.7. The van der Waals surface area contributed by atoms with E-state index in [1.165, 1.54) is 5.56 Å². The minimum absolute atomic E-state index is 0.0192. The molecule has 0 aromatic heterocycles. The Morgan fingerprint density at radius 2 is 2.00 bits per heavy atom. The van der Waals surface area contributed by atoms with Crippen LogP contribution in [0.3, 0.4) is 0 Å². The standard InChI is InChI=1S/C18H30N4O2S/c1-14-6-7-15(12-16(14)24-4)8-9-19-18(20-10-11-25-5)21-13-17(23)22(2)3/h6-7,12H,8-11,13H2,1-5H3,(H2,19,20,21). The van der Waals surface area contributed by atoms with Crippen LogP contribution in [-0.2, 0) is 11.2 Å². The van der Waals surface area contributed by atoms with E-state index < -0.39 is 0 Å². The van der Waals surface area contributed by atoms with E-state index in [1.54, 1.807) is 37.9 Å². The Morgan fingerprint density at radius 1 is 1.28 bits per heavy atom. The number of hydrogen-bond donors (Lipinski definition) is 2. The van der Waals surface area contributed by atoms with Gasteiger partial charge in [0.25, 0.3) is 0 Å². The molecule has 0 aliphatic heterocycles. The summed E-state index contributed by atoms with van der Waals surface area (Å²) in [6, 6.07) is 6.23. The first kappa shape index (κ1) is 21.2. The number of benzene rings is 1. The van der Waals surface area contributed by atoms with Crippen molar-refractivity contribution in [2.24, 2.45) is 4.99 Å². The minimum Gasteiger partial charge on any atom is -0.496 e. The number of likely N-dealkylation sites (N-methyl/N-ethyl adjacent to an activating group) is 1. The fourth-order valence-corrected chi connectivity index (χ4v) is 2.39. The maximum atomic E-state index is 11.7. The zero-order valence-corrected chi connectivity index (χ0v) is 16.7. The van der Waals surface area contributed by atoms with Crippen molar-refractivity contribution in [3.63, 3.8) is 0 Å². The topological polar surface area (TPSA) is 66.0 Å². The predicted octanol–water partition coefficient (Wildman–Crippen LogP) is 1.53. The Labute approximate surface area is 155 Å². The van der Waals surface area contributed by atoms with Gasteiger partial charge in [-0.1, -0.05) is 12.1 Å².